The van der Waals surface area contributed by atoms with Crippen LogP contribution in [0.1, 0.15) is 6.92 Å². The summed E-state index contributed by atoms with van der Waals surface area (Å²) in [6, 6.07) is 6.05. The molecule has 3 aromatic rings. The van der Waals surface area contributed by atoms with Crippen molar-refractivity contribution in [2.75, 3.05) is 18.4 Å². The molecule has 0 aliphatic carbocycles. The zero-order chi connectivity index (χ0) is 21.0. The second kappa shape index (κ2) is 8.76. The second-order valence-electron chi connectivity index (χ2n) is 5.95. The van der Waals surface area contributed by atoms with Crippen LogP contribution in [0, 0.1) is 22.0 Å². The van der Waals surface area contributed by atoms with Crippen molar-refractivity contribution < 1.29 is 4.92 Å². The number of nitro benzene ring substituents is 1. The number of anilines is 1. The molecular formula is C18H19N7O3S. The maximum absolute atomic E-state index is 13.0. The van der Waals surface area contributed by atoms with Crippen molar-refractivity contribution >= 4 is 34.6 Å². The molecule has 0 atom stereocenters. The minimum absolute atomic E-state index is 0.00181. The van der Waals surface area contributed by atoms with Gasteiger partial charge in [-0.05, 0) is 19.1 Å². The molecule has 29 heavy (non-hydrogen) atoms. The number of benzene rings is 1. The van der Waals surface area contributed by atoms with Gasteiger partial charge in [0, 0.05) is 37.2 Å². The van der Waals surface area contributed by atoms with Crippen LogP contribution in [0.5, 0.6) is 0 Å². The molecular weight excluding hydrogens is 394 g/mol. The van der Waals surface area contributed by atoms with Gasteiger partial charge in [0.15, 0.2) is 16.3 Å². The highest BCUT2D eigenvalue weighted by atomic mass is 32.2. The lowest BCUT2D eigenvalue weighted by Gasteiger charge is -2.08. The van der Waals surface area contributed by atoms with Crippen molar-refractivity contribution in [3.63, 3.8) is 0 Å². The number of nitro groups is 1. The Labute approximate surface area is 170 Å². The van der Waals surface area contributed by atoms with Crippen molar-refractivity contribution in [1.29, 1.82) is 0 Å². The van der Waals surface area contributed by atoms with Gasteiger partial charge in [-0.1, -0.05) is 17.7 Å². The quantitative estimate of drug-likeness (QED) is 0.258. The molecule has 10 nitrogen and oxygen atoms in total. The van der Waals surface area contributed by atoms with Gasteiger partial charge < -0.3 is 11.1 Å². The van der Waals surface area contributed by atoms with Crippen molar-refractivity contribution in [3.05, 3.63) is 44.7 Å². The molecule has 0 radical (unpaired) electrons. The van der Waals surface area contributed by atoms with E-state index in [9.17, 15) is 14.9 Å². The minimum Gasteiger partial charge on any atom is -0.354 e. The molecule has 3 rings (SSSR count). The van der Waals surface area contributed by atoms with Gasteiger partial charge in [-0.15, -0.1) is 5.92 Å². The lowest BCUT2D eigenvalue weighted by Crippen LogP contribution is -2.22. The molecule has 0 amide bonds. The molecule has 0 aliphatic heterocycles. The maximum atomic E-state index is 13.0. The molecule has 11 heteroatoms. The number of hydrogen-bond acceptors (Lipinski definition) is 8. The summed E-state index contributed by atoms with van der Waals surface area (Å²) in [6.45, 7) is 2.93. The highest BCUT2D eigenvalue weighted by Gasteiger charge is 2.18. The van der Waals surface area contributed by atoms with E-state index in [0.29, 0.717) is 41.9 Å². The molecule has 0 saturated carbocycles. The van der Waals surface area contributed by atoms with E-state index in [1.165, 1.54) is 28.5 Å². The van der Waals surface area contributed by atoms with E-state index in [-0.39, 0.29) is 11.2 Å². The highest BCUT2D eigenvalue weighted by molar-refractivity contribution is 7.99. The Morgan fingerprint density at radius 2 is 2.03 bits per heavy atom. The summed E-state index contributed by atoms with van der Waals surface area (Å²) in [5, 5.41) is 14.3. The number of rotatable bonds is 7. The monoisotopic (exact) mass is 413 g/mol. The summed E-state index contributed by atoms with van der Waals surface area (Å²) in [5.74, 6) is 6.23. The van der Waals surface area contributed by atoms with Crippen LogP contribution >= 0.6 is 11.8 Å². The molecule has 0 unspecified atom stereocenters. The number of imidazole rings is 1. The van der Waals surface area contributed by atoms with E-state index >= 15 is 0 Å². The normalized spacial score (nSPS) is 10.6. The predicted octanol–water partition coefficient (Wildman–Crippen LogP) is 1.58. The molecule has 150 valence electrons. The van der Waals surface area contributed by atoms with E-state index in [1.54, 1.807) is 30.7 Å². The minimum atomic E-state index is -0.462. The Kier molecular flexibility index (Phi) is 6.16. The van der Waals surface area contributed by atoms with Crippen LogP contribution in [-0.2, 0) is 13.6 Å². The maximum Gasteiger partial charge on any atom is 0.280 e. The molecule has 0 bridgehead atoms. The molecule has 2 heterocycles. The van der Waals surface area contributed by atoms with E-state index in [1.807, 2.05) is 0 Å². The Bertz CT molecular complexity index is 1170. The van der Waals surface area contributed by atoms with Crippen LogP contribution in [0.3, 0.4) is 0 Å². The fourth-order valence-electron chi connectivity index (χ4n) is 2.60. The van der Waals surface area contributed by atoms with Gasteiger partial charge >= 0.3 is 0 Å². The molecule has 0 fully saturated rings. The average Bonchev–Trinajstić information content (AvgIpc) is 3.06. The van der Waals surface area contributed by atoms with Crippen molar-refractivity contribution in [3.8, 4) is 11.8 Å². The Morgan fingerprint density at radius 3 is 2.66 bits per heavy atom. The molecule has 0 saturated heterocycles. The van der Waals surface area contributed by atoms with Gasteiger partial charge in [-0.2, -0.15) is 4.98 Å². The number of nitrogens with one attached hydrogen (secondary N) is 1. The first-order valence-corrected chi connectivity index (χ1v) is 9.51. The smallest absolute Gasteiger partial charge is 0.280 e. The van der Waals surface area contributed by atoms with Gasteiger partial charge in [0.25, 0.3) is 11.2 Å². The predicted molar refractivity (Wildman–Crippen MR) is 111 cm³/mol. The highest BCUT2D eigenvalue weighted by Crippen LogP contribution is 2.28. The number of non-ortho nitro benzene ring substituents is 1. The van der Waals surface area contributed by atoms with Gasteiger partial charge in [0.1, 0.15) is 0 Å². The van der Waals surface area contributed by atoms with Crippen molar-refractivity contribution in [2.45, 2.75) is 23.5 Å². The summed E-state index contributed by atoms with van der Waals surface area (Å²) in [6.07, 6.45) is 0. The Balaban J connectivity index is 2.05. The van der Waals surface area contributed by atoms with Crippen LogP contribution in [0.2, 0.25) is 0 Å². The first-order chi connectivity index (χ1) is 14.0. The Morgan fingerprint density at radius 1 is 1.31 bits per heavy atom. The summed E-state index contributed by atoms with van der Waals surface area (Å²) >= 11 is 1.23. The summed E-state index contributed by atoms with van der Waals surface area (Å²) in [5.41, 5.74) is 5.95. The van der Waals surface area contributed by atoms with Crippen LogP contribution in [0.15, 0.2) is 39.1 Å². The van der Waals surface area contributed by atoms with Gasteiger partial charge in [0.2, 0.25) is 5.95 Å². The van der Waals surface area contributed by atoms with E-state index in [4.69, 9.17) is 5.73 Å². The SMILES string of the molecule is CC#CCn1c(NCCN)nc2nc(Sc3ccc([N+](=O)[O-])cc3)n(C)c(=O)c21. The molecule has 3 N–H and O–H groups in total. The van der Waals surface area contributed by atoms with Crippen LogP contribution in [-0.4, -0.2) is 37.1 Å². The first-order valence-electron chi connectivity index (χ1n) is 8.69. The molecule has 2 aromatic heterocycles. The van der Waals surface area contributed by atoms with Gasteiger partial charge in [-0.3, -0.25) is 24.0 Å². The third kappa shape index (κ3) is 4.23. The third-order valence-corrected chi connectivity index (χ3v) is 5.10. The lowest BCUT2D eigenvalue weighted by atomic mass is 10.3. The van der Waals surface area contributed by atoms with Gasteiger partial charge in [-0.25, -0.2) is 4.98 Å². The third-order valence-electron chi connectivity index (χ3n) is 4.04. The largest absolute Gasteiger partial charge is 0.354 e. The lowest BCUT2D eigenvalue weighted by molar-refractivity contribution is -0.384. The molecule has 1 aromatic carbocycles. The average molecular weight is 413 g/mol. The summed E-state index contributed by atoms with van der Waals surface area (Å²) < 4.78 is 3.12. The Hall–Kier alpha value is -3.36. The number of hydrogen-bond donors (Lipinski definition) is 2. The van der Waals surface area contributed by atoms with E-state index < -0.39 is 4.92 Å². The van der Waals surface area contributed by atoms with Crippen molar-refractivity contribution in [2.24, 2.45) is 12.8 Å². The fraction of sp³-hybridized carbons (Fsp3) is 0.278. The summed E-state index contributed by atoms with van der Waals surface area (Å²) in [7, 11) is 1.62. The topological polar surface area (TPSA) is 134 Å². The molecule has 0 aliphatic rings. The van der Waals surface area contributed by atoms with Gasteiger partial charge in [0.05, 0.1) is 11.5 Å². The van der Waals surface area contributed by atoms with Crippen LogP contribution in [0.4, 0.5) is 11.6 Å². The zero-order valence-corrected chi connectivity index (χ0v) is 16.7. The standard InChI is InChI=1S/C18H19N7O3S/c1-3-4-11-24-14-15(21-17(24)20-10-9-19)22-18(23(2)16(14)26)29-13-7-5-12(6-8-13)25(27)28/h5-8H,9-11,19H2,1-2H3,(H,20,21). The van der Waals surface area contributed by atoms with E-state index in [2.05, 4.69) is 27.1 Å². The summed E-state index contributed by atoms with van der Waals surface area (Å²) in [4.78, 5) is 33.0. The van der Waals surface area contributed by atoms with E-state index in [0.717, 1.165) is 4.90 Å². The van der Waals surface area contributed by atoms with Crippen LogP contribution in [0.25, 0.3) is 11.2 Å². The number of aromatic nitrogens is 4. The van der Waals surface area contributed by atoms with Crippen molar-refractivity contribution in [1.82, 2.24) is 19.1 Å². The molecule has 0 spiro atoms. The number of fused-ring (bicyclic) bond motifs is 1. The number of nitrogens with two attached hydrogens (primary N) is 1. The second-order valence-corrected chi connectivity index (χ2v) is 6.99. The first kappa shape index (κ1) is 20.4. The zero-order valence-electron chi connectivity index (χ0n) is 15.9. The van der Waals surface area contributed by atoms with Crippen LogP contribution < -0.4 is 16.6 Å². The number of nitrogens with zero attached hydrogens (tertiary/aromatic N) is 5. The fourth-order valence-corrected chi connectivity index (χ4v) is 3.44.